The zero-order valence-electron chi connectivity index (χ0n) is 21.2. The molecular weight excluding hydrogens is 470 g/mol. The predicted molar refractivity (Wildman–Crippen MR) is 151 cm³/mol. The molecule has 1 atom stereocenters. The van der Waals surface area contributed by atoms with E-state index in [-0.39, 0.29) is 11.9 Å². The molecule has 0 saturated heterocycles. The number of hydrogen-bond donors (Lipinski definition) is 3. The Bertz CT molecular complexity index is 1560. The summed E-state index contributed by atoms with van der Waals surface area (Å²) < 4.78 is 0. The number of benzene rings is 3. The number of carbonyl (C=O) groups is 1. The Kier molecular flexibility index (Phi) is 6.73. The van der Waals surface area contributed by atoms with E-state index in [1.165, 1.54) is 33.3 Å². The average Bonchev–Trinajstić information content (AvgIpc) is 3.34. The Morgan fingerprint density at radius 2 is 1.71 bits per heavy atom. The van der Waals surface area contributed by atoms with Crippen LogP contribution in [0.1, 0.15) is 28.1 Å². The van der Waals surface area contributed by atoms with Crippen LogP contribution in [-0.4, -0.2) is 26.8 Å². The van der Waals surface area contributed by atoms with Gasteiger partial charge in [-0.1, -0.05) is 72.8 Å². The van der Waals surface area contributed by atoms with Crippen molar-refractivity contribution in [2.75, 3.05) is 0 Å². The van der Waals surface area contributed by atoms with Gasteiger partial charge in [-0.2, -0.15) is 0 Å². The molecule has 6 rings (SSSR count). The maximum absolute atomic E-state index is 13.6. The van der Waals surface area contributed by atoms with Crippen molar-refractivity contribution in [2.45, 2.75) is 38.6 Å². The summed E-state index contributed by atoms with van der Waals surface area (Å²) in [6.45, 7) is 2.20. The monoisotopic (exact) mass is 501 g/mol. The number of amides is 1. The molecule has 2 aromatic heterocycles. The highest BCUT2D eigenvalue weighted by atomic mass is 16.2. The highest BCUT2D eigenvalue weighted by Crippen LogP contribution is 2.31. The van der Waals surface area contributed by atoms with Crippen LogP contribution < -0.4 is 11.1 Å². The lowest BCUT2D eigenvalue weighted by molar-refractivity contribution is -0.127. The molecule has 1 amide bonds. The third kappa shape index (κ3) is 4.96. The molecule has 38 heavy (non-hydrogen) atoms. The van der Waals surface area contributed by atoms with E-state index in [2.05, 4.69) is 86.9 Å². The lowest BCUT2D eigenvalue weighted by atomic mass is 9.95. The fourth-order valence-corrected chi connectivity index (χ4v) is 5.40. The SMILES string of the molecule is NCc1ccnc(CNC(=O)C2Cc3c([nH]c4ccccc34)CN2Cc2ccc(-c3ccccc3)cc2)c1. The molecule has 3 heterocycles. The summed E-state index contributed by atoms with van der Waals surface area (Å²) in [5, 5.41) is 4.34. The number of pyridine rings is 1. The average molecular weight is 502 g/mol. The molecule has 6 nitrogen and oxygen atoms in total. The minimum atomic E-state index is -0.284. The molecule has 1 unspecified atom stereocenters. The third-order valence-corrected chi connectivity index (χ3v) is 7.41. The molecule has 3 aromatic carbocycles. The van der Waals surface area contributed by atoms with Crippen molar-refractivity contribution in [3.05, 3.63) is 125 Å². The Morgan fingerprint density at radius 3 is 2.53 bits per heavy atom. The summed E-state index contributed by atoms with van der Waals surface area (Å²) in [4.78, 5) is 23.9. The first kappa shape index (κ1) is 24.1. The molecule has 6 heteroatoms. The Labute approximate surface area is 222 Å². The number of nitrogens with zero attached hydrogens (tertiary/aromatic N) is 2. The molecule has 5 aromatic rings. The van der Waals surface area contributed by atoms with Gasteiger partial charge >= 0.3 is 0 Å². The van der Waals surface area contributed by atoms with E-state index in [4.69, 9.17) is 5.73 Å². The first-order valence-corrected chi connectivity index (χ1v) is 13.1. The summed E-state index contributed by atoms with van der Waals surface area (Å²) in [5.41, 5.74) is 14.7. The summed E-state index contributed by atoms with van der Waals surface area (Å²) in [6.07, 6.45) is 2.40. The second-order valence-corrected chi connectivity index (χ2v) is 9.89. The number of H-pyrrole nitrogens is 1. The van der Waals surface area contributed by atoms with Gasteiger partial charge in [0.2, 0.25) is 5.91 Å². The van der Waals surface area contributed by atoms with Crippen molar-refractivity contribution in [1.29, 1.82) is 0 Å². The first-order chi connectivity index (χ1) is 18.7. The van der Waals surface area contributed by atoms with Gasteiger partial charge in [-0.05, 0) is 52.4 Å². The molecule has 190 valence electrons. The van der Waals surface area contributed by atoms with Gasteiger partial charge in [0.1, 0.15) is 0 Å². The van der Waals surface area contributed by atoms with Gasteiger partial charge in [-0.3, -0.25) is 14.7 Å². The second-order valence-electron chi connectivity index (χ2n) is 9.89. The molecule has 0 aliphatic carbocycles. The first-order valence-electron chi connectivity index (χ1n) is 13.1. The van der Waals surface area contributed by atoms with Crippen LogP contribution in [0.2, 0.25) is 0 Å². The van der Waals surface area contributed by atoms with Crippen LogP contribution in [-0.2, 0) is 37.4 Å². The van der Waals surface area contributed by atoms with Gasteiger partial charge < -0.3 is 16.0 Å². The molecule has 1 aliphatic heterocycles. The van der Waals surface area contributed by atoms with Gasteiger partial charge in [0.15, 0.2) is 0 Å². The van der Waals surface area contributed by atoms with Gasteiger partial charge in [0.25, 0.3) is 0 Å². The normalized spacial score (nSPS) is 15.3. The number of aromatic nitrogens is 2. The summed E-state index contributed by atoms with van der Waals surface area (Å²) in [6, 6.07) is 30.9. The Morgan fingerprint density at radius 1 is 0.947 bits per heavy atom. The zero-order valence-corrected chi connectivity index (χ0v) is 21.2. The minimum Gasteiger partial charge on any atom is -0.357 e. The maximum Gasteiger partial charge on any atom is 0.238 e. The highest BCUT2D eigenvalue weighted by molar-refractivity contribution is 5.88. The topological polar surface area (TPSA) is 87.0 Å². The van der Waals surface area contributed by atoms with Crippen molar-refractivity contribution in [3.63, 3.8) is 0 Å². The van der Waals surface area contributed by atoms with Crippen LogP contribution >= 0.6 is 0 Å². The smallest absolute Gasteiger partial charge is 0.238 e. The lowest BCUT2D eigenvalue weighted by Gasteiger charge is -2.35. The van der Waals surface area contributed by atoms with Crippen LogP contribution in [0.15, 0.2) is 97.2 Å². The number of aromatic amines is 1. The second kappa shape index (κ2) is 10.6. The number of nitrogens with two attached hydrogens (primary N) is 1. The van der Waals surface area contributed by atoms with Gasteiger partial charge in [0, 0.05) is 42.4 Å². The Balaban J connectivity index is 1.25. The largest absolute Gasteiger partial charge is 0.357 e. The van der Waals surface area contributed by atoms with Gasteiger partial charge in [0.05, 0.1) is 18.3 Å². The molecule has 0 spiro atoms. The van der Waals surface area contributed by atoms with E-state index < -0.39 is 0 Å². The fourth-order valence-electron chi connectivity index (χ4n) is 5.40. The number of carbonyl (C=O) groups excluding carboxylic acids is 1. The fraction of sp³-hybridized carbons (Fsp3) is 0.188. The van der Waals surface area contributed by atoms with Crippen LogP contribution in [0.25, 0.3) is 22.0 Å². The highest BCUT2D eigenvalue weighted by Gasteiger charge is 2.33. The number of fused-ring (bicyclic) bond motifs is 3. The van der Waals surface area contributed by atoms with Crippen molar-refractivity contribution in [3.8, 4) is 11.1 Å². The predicted octanol–water partition coefficient (Wildman–Crippen LogP) is 4.93. The zero-order chi connectivity index (χ0) is 25.9. The standard InChI is InChI=1S/C32H31N5O/c33-18-23-14-15-34-26(16-23)19-35-32(38)31-17-28-27-8-4-5-9-29(27)36-30(28)21-37(31)20-22-10-12-25(13-11-22)24-6-2-1-3-7-24/h1-16,31,36H,17-21,33H2,(H,35,38). The van der Waals surface area contributed by atoms with E-state index in [0.29, 0.717) is 32.6 Å². The molecule has 1 aliphatic rings. The van der Waals surface area contributed by atoms with Gasteiger partial charge in [-0.15, -0.1) is 0 Å². The van der Waals surface area contributed by atoms with Crippen molar-refractivity contribution >= 4 is 16.8 Å². The van der Waals surface area contributed by atoms with E-state index >= 15 is 0 Å². The van der Waals surface area contributed by atoms with Crippen molar-refractivity contribution < 1.29 is 4.79 Å². The molecule has 0 bridgehead atoms. The summed E-state index contributed by atoms with van der Waals surface area (Å²) in [7, 11) is 0. The molecule has 0 fully saturated rings. The van der Waals surface area contributed by atoms with Crippen molar-refractivity contribution in [1.82, 2.24) is 20.2 Å². The Hall–Kier alpha value is -4.26. The van der Waals surface area contributed by atoms with Crippen LogP contribution in [0.5, 0.6) is 0 Å². The summed E-state index contributed by atoms with van der Waals surface area (Å²) in [5.74, 6) is 0.0155. The maximum atomic E-state index is 13.6. The van der Waals surface area contributed by atoms with E-state index in [9.17, 15) is 4.79 Å². The molecule has 4 N–H and O–H groups in total. The van der Waals surface area contributed by atoms with Crippen LogP contribution in [0, 0.1) is 0 Å². The quantitative estimate of drug-likeness (QED) is 0.295. The molecular formula is C32H31N5O. The van der Waals surface area contributed by atoms with E-state index in [1.54, 1.807) is 6.20 Å². The van der Waals surface area contributed by atoms with Crippen LogP contribution in [0.3, 0.4) is 0 Å². The third-order valence-electron chi connectivity index (χ3n) is 7.41. The molecule has 0 radical (unpaired) electrons. The van der Waals surface area contributed by atoms with Gasteiger partial charge in [-0.25, -0.2) is 0 Å². The van der Waals surface area contributed by atoms with E-state index in [1.807, 2.05) is 24.3 Å². The minimum absolute atomic E-state index is 0.0155. The lowest BCUT2D eigenvalue weighted by Crippen LogP contribution is -2.49. The number of para-hydroxylation sites is 1. The number of nitrogens with one attached hydrogen (secondary N) is 2. The van der Waals surface area contributed by atoms with Crippen LogP contribution in [0.4, 0.5) is 0 Å². The van der Waals surface area contributed by atoms with E-state index in [0.717, 1.165) is 16.8 Å². The number of hydrogen-bond acceptors (Lipinski definition) is 4. The van der Waals surface area contributed by atoms with Crippen molar-refractivity contribution in [2.24, 2.45) is 5.73 Å². The number of rotatable bonds is 7. The molecule has 0 saturated carbocycles. The summed E-state index contributed by atoms with van der Waals surface area (Å²) >= 11 is 0.